The second-order valence-electron chi connectivity index (χ2n) is 6.25. The topological polar surface area (TPSA) is 21.3 Å². The van der Waals surface area contributed by atoms with E-state index in [4.69, 9.17) is 4.74 Å². The second kappa shape index (κ2) is 8.31. The fourth-order valence-electron chi connectivity index (χ4n) is 2.07. The van der Waals surface area contributed by atoms with E-state index < -0.39 is 0 Å². The number of ether oxygens (including phenoxy) is 1. The van der Waals surface area contributed by atoms with E-state index in [1.165, 1.54) is 18.4 Å². The van der Waals surface area contributed by atoms with Gasteiger partial charge in [-0.3, -0.25) is 0 Å². The molecule has 1 atom stereocenters. The van der Waals surface area contributed by atoms with E-state index in [0.717, 1.165) is 25.3 Å². The molecule has 20 heavy (non-hydrogen) atoms. The number of hydrogen-bond acceptors (Lipinski definition) is 2. The Morgan fingerprint density at radius 1 is 1.15 bits per heavy atom. The zero-order valence-electron chi connectivity index (χ0n) is 13.8. The van der Waals surface area contributed by atoms with Crippen molar-refractivity contribution in [2.24, 2.45) is 0 Å². The quantitative estimate of drug-likeness (QED) is 0.670. The van der Waals surface area contributed by atoms with Gasteiger partial charge in [-0.2, -0.15) is 0 Å². The van der Waals surface area contributed by atoms with Gasteiger partial charge >= 0.3 is 0 Å². The molecule has 1 aromatic carbocycles. The molecular weight excluding hydrogens is 246 g/mol. The van der Waals surface area contributed by atoms with Gasteiger partial charge in [-0.15, -0.1) is 0 Å². The molecule has 0 aliphatic heterocycles. The van der Waals surface area contributed by atoms with Gasteiger partial charge in [-0.05, 0) is 49.4 Å². The summed E-state index contributed by atoms with van der Waals surface area (Å²) >= 11 is 0. The third-order valence-corrected chi connectivity index (χ3v) is 4.00. The van der Waals surface area contributed by atoms with Gasteiger partial charge in [-0.25, -0.2) is 0 Å². The van der Waals surface area contributed by atoms with Crippen LogP contribution in [0.5, 0.6) is 5.75 Å². The predicted molar refractivity (Wildman–Crippen MR) is 87.6 cm³/mol. The van der Waals surface area contributed by atoms with Crippen LogP contribution in [0.3, 0.4) is 0 Å². The normalized spacial score (nSPS) is 13.2. The Morgan fingerprint density at radius 2 is 1.80 bits per heavy atom. The molecular formula is C18H31NO. The molecule has 0 aromatic heterocycles. The van der Waals surface area contributed by atoms with Crippen molar-refractivity contribution in [2.45, 2.75) is 65.4 Å². The Labute approximate surface area is 124 Å². The van der Waals surface area contributed by atoms with Crippen molar-refractivity contribution in [1.29, 1.82) is 0 Å². The largest absolute Gasteiger partial charge is 0.489 e. The summed E-state index contributed by atoms with van der Waals surface area (Å²) in [6.07, 6.45) is 3.81. The molecule has 2 heteroatoms. The first-order valence-electron chi connectivity index (χ1n) is 7.97. The molecule has 2 nitrogen and oxygen atoms in total. The summed E-state index contributed by atoms with van der Waals surface area (Å²) in [5.74, 6) is 0.963. The first kappa shape index (κ1) is 17.0. The highest BCUT2D eigenvalue weighted by molar-refractivity contribution is 5.31. The summed E-state index contributed by atoms with van der Waals surface area (Å²) < 4.78 is 5.93. The lowest BCUT2D eigenvalue weighted by Gasteiger charge is -2.24. The van der Waals surface area contributed by atoms with Crippen molar-refractivity contribution in [1.82, 2.24) is 5.32 Å². The number of rotatable bonds is 9. The fraction of sp³-hybridized carbons (Fsp3) is 0.667. The molecule has 0 spiro atoms. The third kappa shape index (κ3) is 5.54. The molecule has 0 heterocycles. The summed E-state index contributed by atoms with van der Waals surface area (Å²) in [7, 11) is 0. The average Bonchev–Trinajstić information content (AvgIpc) is 2.44. The van der Waals surface area contributed by atoms with E-state index in [2.05, 4.69) is 64.2 Å². The predicted octanol–water partition coefficient (Wildman–Crippen LogP) is 4.53. The lowest BCUT2D eigenvalue weighted by atomic mass is 9.82. The summed E-state index contributed by atoms with van der Waals surface area (Å²) in [4.78, 5) is 0. The van der Waals surface area contributed by atoms with Crippen LogP contribution in [0, 0.1) is 0 Å². The molecule has 0 aliphatic carbocycles. The molecule has 0 bridgehead atoms. The molecule has 0 saturated heterocycles. The van der Waals surface area contributed by atoms with Crippen LogP contribution in [0.25, 0.3) is 0 Å². The van der Waals surface area contributed by atoms with Crippen LogP contribution in [0.2, 0.25) is 0 Å². The molecule has 0 amide bonds. The molecule has 1 N–H and O–H groups in total. The molecule has 0 radical (unpaired) electrons. The minimum absolute atomic E-state index is 0.205. The van der Waals surface area contributed by atoms with Gasteiger partial charge in [0, 0.05) is 6.54 Å². The maximum Gasteiger partial charge on any atom is 0.119 e. The van der Waals surface area contributed by atoms with Crippen LogP contribution in [0.4, 0.5) is 0 Å². The van der Waals surface area contributed by atoms with Crippen molar-refractivity contribution < 1.29 is 4.74 Å². The summed E-state index contributed by atoms with van der Waals surface area (Å²) in [5, 5.41) is 3.43. The van der Waals surface area contributed by atoms with Crippen molar-refractivity contribution in [3.05, 3.63) is 29.8 Å². The molecule has 0 fully saturated rings. The maximum absolute atomic E-state index is 5.93. The average molecular weight is 277 g/mol. The van der Waals surface area contributed by atoms with E-state index >= 15 is 0 Å². The number of nitrogens with one attached hydrogen (secondary N) is 1. The van der Waals surface area contributed by atoms with E-state index in [0.29, 0.717) is 0 Å². The third-order valence-electron chi connectivity index (χ3n) is 4.00. The van der Waals surface area contributed by atoms with Crippen LogP contribution in [-0.2, 0) is 5.41 Å². The van der Waals surface area contributed by atoms with Crippen LogP contribution in [-0.4, -0.2) is 19.2 Å². The Kier molecular flexibility index (Phi) is 7.08. The lowest BCUT2D eigenvalue weighted by Crippen LogP contribution is -2.29. The summed E-state index contributed by atoms with van der Waals surface area (Å²) in [6.45, 7) is 13.1. The lowest BCUT2D eigenvalue weighted by molar-refractivity contribution is 0.217. The van der Waals surface area contributed by atoms with Gasteiger partial charge in [0.25, 0.3) is 0 Å². The van der Waals surface area contributed by atoms with Gasteiger partial charge in [0.05, 0.1) is 0 Å². The molecule has 0 aliphatic rings. The van der Waals surface area contributed by atoms with Gasteiger partial charge in [0.2, 0.25) is 0 Å². The van der Waals surface area contributed by atoms with Gasteiger partial charge in [0.15, 0.2) is 0 Å². The zero-order chi connectivity index (χ0) is 15.0. The number of unbranched alkanes of at least 4 members (excludes halogenated alkanes) is 1. The smallest absolute Gasteiger partial charge is 0.119 e. The molecule has 1 unspecified atom stereocenters. The van der Waals surface area contributed by atoms with Gasteiger partial charge in [-0.1, -0.05) is 46.2 Å². The Morgan fingerprint density at radius 3 is 2.35 bits per heavy atom. The van der Waals surface area contributed by atoms with Crippen molar-refractivity contribution in [3.63, 3.8) is 0 Å². The number of benzene rings is 1. The highest BCUT2D eigenvalue weighted by Crippen LogP contribution is 2.28. The van der Waals surface area contributed by atoms with E-state index in [-0.39, 0.29) is 11.5 Å². The minimum atomic E-state index is 0.205. The Balaban J connectivity index is 2.45. The SMILES string of the molecule is CCCCNCC(C)Oc1ccc(C(C)(C)CC)cc1. The molecule has 0 saturated carbocycles. The minimum Gasteiger partial charge on any atom is -0.489 e. The monoisotopic (exact) mass is 277 g/mol. The van der Waals surface area contributed by atoms with E-state index in [9.17, 15) is 0 Å². The highest BCUT2D eigenvalue weighted by atomic mass is 16.5. The van der Waals surface area contributed by atoms with E-state index in [1.54, 1.807) is 0 Å². The van der Waals surface area contributed by atoms with Crippen molar-refractivity contribution in [3.8, 4) is 5.75 Å². The van der Waals surface area contributed by atoms with Crippen LogP contribution >= 0.6 is 0 Å². The number of hydrogen-bond donors (Lipinski definition) is 1. The van der Waals surface area contributed by atoms with Crippen molar-refractivity contribution in [2.75, 3.05) is 13.1 Å². The van der Waals surface area contributed by atoms with E-state index in [1.807, 2.05) is 0 Å². The molecule has 1 aromatic rings. The summed E-state index contributed by atoms with van der Waals surface area (Å²) in [6, 6.07) is 8.57. The maximum atomic E-state index is 5.93. The Bertz CT molecular complexity index is 370. The van der Waals surface area contributed by atoms with Gasteiger partial charge < -0.3 is 10.1 Å². The van der Waals surface area contributed by atoms with Gasteiger partial charge in [0.1, 0.15) is 11.9 Å². The summed E-state index contributed by atoms with van der Waals surface area (Å²) in [5.41, 5.74) is 1.62. The zero-order valence-corrected chi connectivity index (χ0v) is 13.8. The first-order chi connectivity index (χ1) is 9.49. The standard InChI is InChI=1S/C18H31NO/c1-6-8-13-19-14-15(3)20-17-11-9-16(10-12-17)18(4,5)7-2/h9-12,15,19H,6-8,13-14H2,1-5H3. The Hall–Kier alpha value is -1.02. The molecule has 1 rings (SSSR count). The van der Waals surface area contributed by atoms with Crippen LogP contribution in [0.15, 0.2) is 24.3 Å². The molecule has 114 valence electrons. The first-order valence-corrected chi connectivity index (χ1v) is 7.97. The van der Waals surface area contributed by atoms with Crippen LogP contribution in [0.1, 0.15) is 59.4 Å². The van der Waals surface area contributed by atoms with Crippen molar-refractivity contribution >= 4 is 0 Å². The fourth-order valence-corrected chi connectivity index (χ4v) is 2.07. The van der Waals surface area contributed by atoms with Crippen LogP contribution < -0.4 is 10.1 Å². The second-order valence-corrected chi connectivity index (χ2v) is 6.25. The highest BCUT2D eigenvalue weighted by Gasteiger charge is 2.17.